The molecule has 0 heterocycles. The largest absolute Gasteiger partial charge is 0.478 e. The van der Waals surface area contributed by atoms with Crippen molar-refractivity contribution in [2.75, 3.05) is 5.32 Å². The smallest absolute Gasteiger partial charge is 0.335 e. The number of rotatable bonds is 5. The first-order valence-electron chi connectivity index (χ1n) is 5.48. The molecule has 1 atom stereocenters. The van der Waals surface area contributed by atoms with Crippen LogP contribution in [0, 0.1) is 0 Å². The van der Waals surface area contributed by atoms with Crippen LogP contribution in [0.4, 0.5) is 5.69 Å². The van der Waals surface area contributed by atoms with E-state index in [1.807, 2.05) is 6.92 Å². The summed E-state index contributed by atoms with van der Waals surface area (Å²) in [5, 5.41) is 11.5. The number of aromatic carboxylic acids is 1. The van der Waals surface area contributed by atoms with E-state index in [1.165, 1.54) is 12.1 Å². The Morgan fingerprint density at radius 1 is 1.44 bits per heavy atom. The summed E-state index contributed by atoms with van der Waals surface area (Å²) >= 11 is 3.20. The highest BCUT2D eigenvalue weighted by atomic mass is 79.9. The maximum atomic E-state index is 11.6. The molecule has 0 spiro atoms. The van der Waals surface area contributed by atoms with Crippen molar-refractivity contribution in [2.24, 2.45) is 5.73 Å². The molecular weight excluding hydrogens is 300 g/mol. The summed E-state index contributed by atoms with van der Waals surface area (Å²) in [7, 11) is 0. The molecule has 0 saturated heterocycles. The number of carbonyl (C=O) groups is 2. The van der Waals surface area contributed by atoms with Crippen LogP contribution in [0.2, 0.25) is 0 Å². The molecule has 0 aliphatic rings. The summed E-state index contributed by atoms with van der Waals surface area (Å²) in [6, 6.07) is 4.50. The van der Waals surface area contributed by atoms with E-state index in [9.17, 15) is 9.59 Å². The molecule has 18 heavy (non-hydrogen) atoms. The third-order valence-electron chi connectivity index (χ3n) is 2.26. The lowest BCUT2D eigenvalue weighted by molar-refractivity contribution is -0.116. The minimum atomic E-state index is -1.04. The zero-order valence-corrected chi connectivity index (χ0v) is 11.5. The number of halogens is 1. The molecule has 6 heteroatoms. The molecule has 1 aromatic carbocycles. The molecule has 0 aliphatic carbocycles. The number of anilines is 1. The number of nitrogens with one attached hydrogen (secondary N) is 1. The zero-order chi connectivity index (χ0) is 13.7. The second-order valence-corrected chi connectivity index (χ2v) is 5.01. The van der Waals surface area contributed by atoms with E-state index < -0.39 is 5.97 Å². The van der Waals surface area contributed by atoms with Crippen molar-refractivity contribution >= 4 is 33.5 Å². The zero-order valence-electron chi connectivity index (χ0n) is 9.94. The van der Waals surface area contributed by atoms with Gasteiger partial charge in [0.1, 0.15) is 0 Å². The molecule has 5 nitrogen and oxygen atoms in total. The third kappa shape index (κ3) is 4.85. The van der Waals surface area contributed by atoms with Gasteiger partial charge in [0.15, 0.2) is 0 Å². The van der Waals surface area contributed by atoms with Gasteiger partial charge < -0.3 is 16.2 Å². The van der Waals surface area contributed by atoms with E-state index in [0.29, 0.717) is 23.0 Å². The molecule has 0 fully saturated rings. The quantitative estimate of drug-likeness (QED) is 0.777. The number of nitrogens with two attached hydrogens (primary N) is 1. The van der Waals surface area contributed by atoms with Crippen LogP contribution in [0.1, 0.15) is 30.1 Å². The van der Waals surface area contributed by atoms with Crippen molar-refractivity contribution in [1.82, 2.24) is 0 Å². The van der Waals surface area contributed by atoms with Crippen molar-refractivity contribution in [1.29, 1.82) is 0 Å². The normalized spacial score (nSPS) is 11.9. The molecule has 0 radical (unpaired) electrons. The summed E-state index contributed by atoms with van der Waals surface area (Å²) < 4.78 is 0.602. The Bertz CT molecular complexity index is 461. The van der Waals surface area contributed by atoms with E-state index in [2.05, 4.69) is 21.2 Å². The van der Waals surface area contributed by atoms with E-state index in [0.717, 1.165) is 0 Å². The summed E-state index contributed by atoms with van der Waals surface area (Å²) in [5.74, 6) is -1.22. The average Bonchev–Trinajstić information content (AvgIpc) is 2.25. The molecule has 0 aromatic heterocycles. The van der Waals surface area contributed by atoms with Crippen LogP contribution in [0.15, 0.2) is 22.7 Å². The number of hydrogen-bond donors (Lipinski definition) is 3. The van der Waals surface area contributed by atoms with Crippen LogP contribution in [0.3, 0.4) is 0 Å². The van der Waals surface area contributed by atoms with Crippen LogP contribution in [0.5, 0.6) is 0 Å². The molecule has 1 rings (SSSR count). The van der Waals surface area contributed by atoms with Crippen molar-refractivity contribution in [3.63, 3.8) is 0 Å². The highest BCUT2D eigenvalue weighted by Crippen LogP contribution is 2.20. The van der Waals surface area contributed by atoms with Gasteiger partial charge in [-0.1, -0.05) is 15.9 Å². The number of benzene rings is 1. The van der Waals surface area contributed by atoms with E-state index in [1.54, 1.807) is 6.07 Å². The Morgan fingerprint density at radius 3 is 2.67 bits per heavy atom. The van der Waals surface area contributed by atoms with Gasteiger partial charge in [-0.15, -0.1) is 0 Å². The first-order chi connectivity index (χ1) is 8.38. The van der Waals surface area contributed by atoms with E-state index in [4.69, 9.17) is 10.8 Å². The topological polar surface area (TPSA) is 92.4 Å². The molecular formula is C12H15BrN2O3. The Kier molecular flexibility index (Phi) is 5.30. The molecule has 1 amide bonds. The first kappa shape index (κ1) is 14.7. The lowest BCUT2D eigenvalue weighted by Crippen LogP contribution is -2.19. The van der Waals surface area contributed by atoms with Gasteiger partial charge in [-0.05, 0) is 31.5 Å². The Hall–Kier alpha value is -1.40. The number of carbonyl (C=O) groups excluding carboxylic acids is 1. The molecule has 98 valence electrons. The highest BCUT2D eigenvalue weighted by molar-refractivity contribution is 9.10. The standard InChI is InChI=1S/C12H15BrN2O3/c1-7(14)2-3-11(16)15-10-5-8(12(17)18)4-9(13)6-10/h4-7H,2-3,14H2,1H3,(H,15,16)(H,17,18). The van der Waals surface area contributed by atoms with E-state index >= 15 is 0 Å². The number of amides is 1. The average molecular weight is 315 g/mol. The van der Waals surface area contributed by atoms with Gasteiger partial charge in [0.25, 0.3) is 0 Å². The number of carboxylic acids is 1. The molecule has 0 aliphatic heterocycles. The van der Waals surface area contributed by atoms with Crippen molar-refractivity contribution < 1.29 is 14.7 Å². The minimum Gasteiger partial charge on any atom is -0.478 e. The molecule has 0 bridgehead atoms. The molecule has 1 unspecified atom stereocenters. The van der Waals surface area contributed by atoms with Gasteiger partial charge in [-0.3, -0.25) is 4.79 Å². The van der Waals surface area contributed by atoms with Gasteiger partial charge in [-0.2, -0.15) is 0 Å². The van der Waals surface area contributed by atoms with Crippen molar-refractivity contribution in [3.05, 3.63) is 28.2 Å². The van der Waals surface area contributed by atoms with Gasteiger partial charge in [0, 0.05) is 22.6 Å². The lowest BCUT2D eigenvalue weighted by Gasteiger charge is -2.08. The van der Waals surface area contributed by atoms with Crippen LogP contribution >= 0.6 is 15.9 Å². The minimum absolute atomic E-state index is 0.0344. The fourth-order valence-electron chi connectivity index (χ4n) is 1.37. The predicted molar refractivity (Wildman–Crippen MR) is 72.6 cm³/mol. The molecule has 0 saturated carbocycles. The number of carboxylic acid groups (broad SMARTS) is 1. The maximum Gasteiger partial charge on any atom is 0.335 e. The maximum absolute atomic E-state index is 11.6. The van der Waals surface area contributed by atoms with Crippen molar-refractivity contribution in [3.8, 4) is 0 Å². The third-order valence-corrected chi connectivity index (χ3v) is 2.71. The summed E-state index contributed by atoms with van der Waals surface area (Å²) in [6.45, 7) is 1.83. The monoisotopic (exact) mass is 314 g/mol. The van der Waals surface area contributed by atoms with Crippen LogP contribution < -0.4 is 11.1 Å². The fraction of sp³-hybridized carbons (Fsp3) is 0.333. The lowest BCUT2D eigenvalue weighted by atomic mass is 10.1. The van der Waals surface area contributed by atoms with Crippen LogP contribution in [-0.2, 0) is 4.79 Å². The van der Waals surface area contributed by atoms with Gasteiger partial charge >= 0.3 is 5.97 Å². The number of hydrogen-bond acceptors (Lipinski definition) is 3. The van der Waals surface area contributed by atoms with Crippen molar-refractivity contribution in [2.45, 2.75) is 25.8 Å². The van der Waals surface area contributed by atoms with E-state index in [-0.39, 0.29) is 17.5 Å². The summed E-state index contributed by atoms with van der Waals surface area (Å²) in [6.07, 6.45) is 0.901. The molecule has 4 N–H and O–H groups in total. The highest BCUT2D eigenvalue weighted by Gasteiger charge is 2.09. The van der Waals surface area contributed by atoms with Gasteiger partial charge in [0.05, 0.1) is 5.56 Å². The predicted octanol–water partition coefficient (Wildman–Crippen LogP) is 2.21. The summed E-state index contributed by atoms with van der Waals surface area (Å²) in [5.41, 5.74) is 6.13. The Morgan fingerprint density at radius 2 is 2.11 bits per heavy atom. The Balaban J connectivity index is 2.72. The van der Waals surface area contributed by atoms with Gasteiger partial charge in [-0.25, -0.2) is 4.79 Å². The van der Waals surface area contributed by atoms with Crippen LogP contribution in [-0.4, -0.2) is 23.0 Å². The molecule has 1 aromatic rings. The van der Waals surface area contributed by atoms with Crippen LogP contribution in [0.25, 0.3) is 0 Å². The SMILES string of the molecule is CC(N)CCC(=O)Nc1cc(Br)cc(C(=O)O)c1. The second kappa shape index (κ2) is 6.51. The first-order valence-corrected chi connectivity index (χ1v) is 6.27. The second-order valence-electron chi connectivity index (χ2n) is 4.10. The van der Waals surface area contributed by atoms with Gasteiger partial charge in [0.2, 0.25) is 5.91 Å². The fourth-order valence-corrected chi connectivity index (χ4v) is 1.86. The summed E-state index contributed by atoms with van der Waals surface area (Å²) in [4.78, 5) is 22.4. The Labute approximate surface area is 113 Å².